The van der Waals surface area contributed by atoms with Crippen molar-refractivity contribution in [1.29, 1.82) is 0 Å². The van der Waals surface area contributed by atoms with Crippen molar-refractivity contribution >= 4 is 154 Å². The molecule has 0 radical (unpaired) electrons. The summed E-state index contributed by atoms with van der Waals surface area (Å²) < 4.78 is 117. The Bertz CT molecular complexity index is 1980. The van der Waals surface area contributed by atoms with Crippen molar-refractivity contribution in [2.24, 2.45) is 0 Å². The van der Waals surface area contributed by atoms with Crippen molar-refractivity contribution < 1.29 is 74.1 Å². The highest BCUT2D eigenvalue weighted by atomic mass is 28.6. The zero-order valence-corrected chi connectivity index (χ0v) is 79.5. The number of hydrogen-bond donors (Lipinski definition) is 0. The van der Waals surface area contributed by atoms with E-state index in [1.807, 2.05) is 0 Å². The van der Waals surface area contributed by atoms with Crippen molar-refractivity contribution in [1.82, 2.24) is 0 Å². The van der Waals surface area contributed by atoms with Gasteiger partial charge in [-0.25, -0.2) is 0 Å². The average molecular weight is 1500 g/mol. The third-order valence-electron chi connectivity index (χ3n) is 14.5. The molecular weight excluding hydrogens is 1370 g/mol. The Morgan fingerprint density at radius 1 is 0.155 bits per heavy atom. The van der Waals surface area contributed by atoms with E-state index in [9.17, 15) is 0 Å². The molecule has 0 aliphatic carbocycles. The lowest BCUT2D eigenvalue weighted by atomic mass is 10.4. The maximum atomic E-state index is 6.79. The lowest BCUT2D eigenvalue weighted by molar-refractivity contribution is 0.222. The summed E-state index contributed by atoms with van der Waals surface area (Å²) in [5.74, 6) is 0. The molecule has 0 saturated carbocycles. The molecule has 0 bridgehead atoms. The molecule has 4 fully saturated rings. The van der Waals surface area contributed by atoms with Gasteiger partial charge in [-0.1, -0.05) is 81.1 Å². The van der Waals surface area contributed by atoms with E-state index in [-0.39, 0.29) is 0 Å². The summed E-state index contributed by atoms with van der Waals surface area (Å²) in [5, 5.41) is 0. The van der Waals surface area contributed by atoms with Gasteiger partial charge < -0.3 is 74.1 Å². The molecule has 4 rings (SSSR count). The largest absolute Gasteiger partial charge is 0.416 e. The Balaban J connectivity index is 0.000000571. The lowest BCUT2D eigenvalue weighted by Crippen LogP contribution is -2.66. The van der Waals surface area contributed by atoms with E-state index in [0.29, 0.717) is 22.2 Å². The van der Waals surface area contributed by atoms with Gasteiger partial charge >= 0.3 is 154 Å². The van der Waals surface area contributed by atoms with Crippen molar-refractivity contribution in [3.63, 3.8) is 0 Å². The van der Waals surface area contributed by atoms with Crippen LogP contribution in [0.2, 0.25) is 232 Å². The molecule has 504 valence electrons. The van der Waals surface area contributed by atoms with Crippen LogP contribution in [0.15, 0.2) is 0 Å². The lowest BCUT2D eigenvalue weighted by Gasteiger charge is -2.49. The van der Waals surface area contributed by atoms with Crippen LogP contribution < -0.4 is 0 Å². The standard InChI is InChI=1S/C15H42O6Si6.C13H36O5Si5.C11H30O4Si4.C9H24O3Si3/c1-14-15(2)27(13)20-25(9,10)18-23(5,6)16-22(3,4)17-24(7,8)19-26(11,12)21-27;1-12-13(2)23(11)17-21(7,8)15-19(3,4)14-20(5,6)16-22(9,10)18-23;1-10-11(2)19(9)14-17(5,6)12-16(3,4)13-18(7,8)15-19;1-8-9(2)15(7)11-13(3,4)10-14(5,6)12-15/h15H,14H2,1-13H3;13H,12H2,1-11H3;11H,10H2,1-9H3;9H,8H2,1-7H3. The van der Waals surface area contributed by atoms with Gasteiger partial charge in [-0.2, -0.15) is 0 Å². The van der Waals surface area contributed by atoms with E-state index < -0.39 is 154 Å². The molecule has 0 aromatic heterocycles. The van der Waals surface area contributed by atoms with E-state index in [0.717, 1.165) is 25.7 Å². The highest BCUT2D eigenvalue weighted by Gasteiger charge is 2.59. The molecule has 0 N–H and O–H groups in total. The van der Waals surface area contributed by atoms with Crippen LogP contribution >= 0.6 is 0 Å². The minimum atomic E-state index is -2.53. The molecule has 36 heteroatoms. The SMILES string of the molecule is CCC(C)[Si]1(C)O[Si](C)(C)O[Si](C)(C)O1.CCC(C)[Si]1(C)O[Si](C)(C)O[Si](C)(C)O[Si](C)(C)O1.CCC(C)[Si]1(C)O[Si](C)(C)O[Si](C)(C)O[Si](C)(C)O[Si](C)(C)O1.CCC(C)[Si]1(C)O[Si](C)(C)O[Si](C)(C)O[Si](C)(C)O[Si](C)(C)O[Si](C)(C)O1. The second-order valence-electron chi connectivity index (χ2n) is 30.7. The van der Waals surface area contributed by atoms with Gasteiger partial charge in [0.25, 0.3) is 0 Å². The summed E-state index contributed by atoms with van der Waals surface area (Å²) in [4.78, 5) is 0. The molecule has 4 aliphatic rings. The van der Waals surface area contributed by atoms with E-state index in [1.165, 1.54) is 0 Å². The Labute approximate surface area is 536 Å². The van der Waals surface area contributed by atoms with Crippen molar-refractivity contribution in [2.75, 3.05) is 0 Å². The minimum absolute atomic E-state index is 0.341. The van der Waals surface area contributed by atoms with Crippen LogP contribution in [0.1, 0.15) is 81.1 Å². The van der Waals surface area contributed by atoms with Gasteiger partial charge in [0.05, 0.1) is 0 Å². The molecule has 4 aliphatic heterocycles. The normalized spacial score (nSPS) is 30.3. The fraction of sp³-hybridized carbons (Fsp3) is 1.00. The highest BCUT2D eigenvalue weighted by molar-refractivity contribution is 6.97. The van der Waals surface area contributed by atoms with Crippen molar-refractivity contribution in [3.05, 3.63) is 0 Å². The molecular formula is C48H132O18Si18. The molecule has 0 spiro atoms. The summed E-state index contributed by atoms with van der Waals surface area (Å²) in [6, 6.07) is 0. The number of rotatable bonds is 8. The fourth-order valence-corrected chi connectivity index (χ4v) is 110. The van der Waals surface area contributed by atoms with Crippen LogP contribution in [-0.4, -0.2) is 154 Å². The topological polar surface area (TPSA) is 166 Å². The van der Waals surface area contributed by atoms with Gasteiger partial charge in [-0.05, 0) is 232 Å². The number of hydrogen-bond acceptors (Lipinski definition) is 18. The van der Waals surface area contributed by atoms with Crippen molar-refractivity contribution in [2.45, 2.75) is 313 Å². The molecule has 0 amide bonds. The first-order valence-corrected chi connectivity index (χ1v) is 80.3. The maximum Gasteiger partial charge on any atom is 0.320 e. The van der Waals surface area contributed by atoms with Gasteiger partial charge in [0.15, 0.2) is 0 Å². The average Bonchev–Trinajstić information content (AvgIpc) is 3.14. The molecule has 84 heavy (non-hydrogen) atoms. The second-order valence-corrected chi connectivity index (χ2v) is 96.7. The molecule has 4 unspecified atom stereocenters. The molecule has 4 saturated heterocycles. The third-order valence-corrected chi connectivity index (χ3v) is 91.4. The quantitative estimate of drug-likeness (QED) is 0.210. The molecule has 18 nitrogen and oxygen atoms in total. The highest BCUT2D eigenvalue weighted by Crippen LogP contribution is 2.42. The first-order chi connectivity index (χ1) is 36.7. The zero-order chi connectivity index (χ0) is 66.9. The predicted molar refractivity (Wildman–Crippen MR) is 390 cm³/mol. The maximum absolute atomic E-state index is 6.79. The molecule has 4 atom stereocenters. The van der Waals surface area contributed by atoms with Gasteiger partial charge in [0.2, 0.25) is 0 Å². The van der Waals surface area contributed by atoms with Crippen LogP contribution in [0, 0.1) is 0 Å². The molecule has 0 aromatic rings. The first-order valence-electron chi connectivity index (χ1n) is 31.3. The van der Waals surface area contributed by atoms with E-state index in [4.69, 9.17) is 74.1 Å². The Morgan fingerprint density at radius 3 is 0.298 bits per heavy atom. The third kappa shape index (κ3) is 29.4. The Hall–Kier alpha value is 3.18. The monoisotopic (exact) mass is 1500 g/mol. The second kappa shape index (κ2) is 29.7. The van der Waals surface area contributed by atoms with E-state index in [2.05, 4.69) is 265 Å². The van der Waals surface area contributed by atoms with Crippen LogP contribution in [0.3, 0.4) is 0 Å². The van der Waals surface area contributed by atoms with Crippen molar-refractivity contribution in [3.8, 4) is 0 Å². The van der Waals surface area contributed by atoms with Gasteiger partial charge in [0.1, 0.15) is 0 Å². The fourth-order valence-electron chi connectivity index (χ4n) is 12.5. The summed E-state index contributed by atoms with van der Waals surface area (Å²) in [6.07, 6.45) is 4.23. The van der Waals surface area contributed by atoms with Crippen LogP contribution in [0.4, 0.5) is 0 Å². The van der Waals surface area contributed by atoms with Gasteiger partial charge in [-0.3, -0.25) is 0 Å². The Morgan fingerprint density at radius 2 is 0.226 bits per heavy atom. The zero-order valence-electron chi connectivity index (χ0n) is 61.5. The van der Waals surface area contributed by atoms with E-state index >= 15 is 0 Å². The predicted octanol–water partition coefficient (Wildman–Crippen LogP) is 17.6. The van der Waals surface area contributed by atoms with E-state index in [1.54, 1.807) is 0 Å². The summed E-state index contributed by atoms with van der Waals surface area (Å²) >= 11 is 0. The van der Waals surface area contributed by atoms with Crippen LogP contribution in [-0.2, 0) is 74.1 Å². The van der Waals surface area contributed by atoms with Crippen LogP contribution in [0.25, 0.3) is 0 Å². The smallest absolute Gasteiger partial charge is 0.320 e. The minimum Gasteiger partial charge on any atom is -0.416 e. The molecule has 4 heterocycles. The first kappa shape index (κ1) is 85.2. The summed E-state index contributed by atoms with van der Waals surface area (Å²) in [6.45, 7) is 85.5. The van der Waals surface area contributed by atoms with Crippen LogP contribution in [0.5, 0.6) is 0 Å². The Kier molecular flexibility index (Phi) is 30.1. The summed E-state index contributed by atoms with van der Waals surface area (Å²) in [5.41, 5.74) is 1.72. The molecule has 0 aromatic carbocycles. The van der Waals surface area contributed by atoms with Gasteiger partial charge in [-0.15, -0.1) is 0 Å². The summed E-state index contributed by atoms with van der Waals surface area (Å²) in [7, 11) is -41.1. The van der Waals surface area contributed by atoms with Gasteiger partial charge in [0, 0.05) is 0 Å².